The molecule has 90 valence electrons. The maximum Gasteiger partial charge on any atom is 0.130 e. The molecule has 0 fully saturated rings. The fourth-order valence-corrected chi connectivity index (χ4v) is 2.91. The molecule has 0 atom stereocenters. The van der Waals surface area contributed by atoms with E-state index < -0.39 is 0 Å². The second kappa shape index (κ2) is 3.77. The molecule has 2 heteroatoms. The fraction of sp³-hybridized carbons (Fsp3) is 0.250. The molecule has 4 rings (SSSR count). The van der Waals surface area contributed by atoms with Crippen molar-refractivity contribution in [3.63, 3.8) is 0 Å². The lowest BCUT2D eigenvalue weighted by molar-refractivity contribution is 0.358. The van der Waals surface area contributed by atoms with Gasteiger partial charge in [-0.1, -0.05) is 24.3 Å². The Morgan fingerprint density at radius 1 is 1.00 bits per heavy atom. The number of nitrogens with one attached hydrogen (secondary N) is 1. The summed E-state index contributed by atoms with van der Waals surface area (Å²) in [6.45, 7) is 1.88. The van der Waals surface area contributed by atoms with Crippen molar-refractivity contribution in [1.82, 2.24) is 0 Å². The molecule has 0 saturated carbocycles. The van der Waals surface area contributed by atoms with Gasteiger partial charge in [0.1, 0.15) is 5.75 Å². The first kappa shape index (κ1) is 10.0. The first-order chi connectivity index (χ1) is 8.92. The lowest BCUT2D eigenvalue weighted by Crippen LogP contribution is -1.90. The van der Waals surface area contributed by atoms with Crippen molar-refractivity contribution in [3.05, 3.63) is 47.5 Å². The van der Waals surface area contributed by atoms with Crippen molar-refractivity contribution >= 4 is 5.69 Å². The summed E-state index contributed by atoms with van der Waals surface area (Å²) in [5.41, 5.74) is 6.55. The Morgan fingerprint density at radius 2 is 2.00 bits per heavy atom. The van der Waals surface area contributed by atoms with Crippen LogP contribution in [0.15, 0.2) is 36.4 Å². The third-order valence-electron chi connectivity index (χ3n) is 3.84. The van der Waals surface area contributed by atoms with E-state index in [1.807, 2.05) is 0 Å². The minimum atomic E-state index is 0.818. The summed E-state index contributed by atoms with van der Waals surface area (Å²) in [6.07, 6.45) is 2.16. The van der Waals surface area contributed by atoms with Gasteiger partial charge in [0.15, 0.2) is 0 Å². The highest BCUT2D eigenvalue weighted by atomic mass is 16.5. The van der Waals surface area contributed by atoms with Crippen LogP contribution in [0.3, 0.4) is 0 Å². The van der Waals surface area contributed by atoms with E-state index in [9.17, 15) is 0 Å². The molecule has 2 aromatic rings. The zero-order valence-electron chi connectivity index (χ0n) is 10.2. The molecule has 0 bridgehead atoms. The number of rotatable bonds is 1. The molecule has 0 aromatic heterocycles. The van der Waals surface area contributed by atoms with Crippen LogP contribution >= 0.6 is 0 Å². The number of para-hydroxylation sites is 1. The fourth-order valence-electron chi connectivity index (χ4n) is 2.91. The molecule has 2 aliphatic heterocycles. The van der Waals surface area contributed by atoms with Crippen LogP contribution in [-0.2, 0) is 12.8 Å². The summed E-state index contributed by atoms with van der Waals surface area (Å²) in [4.78, 5) is 0. The third-order valence-corrected chi connectivity index (χ3v) is 3.84. The van der Waals surface area contributed by atoms with E-state index in [-0.39, 0.29) is 0 Å². The average Bonchev–Trinajstić information content (AvgIpc) is 3.05. The van der Waals surface area contributed by atoms with Gasteiger partial charge in [0.05, 0.1) is 6.61 Å². The van der Waals surface area contributed by atoms with Crippen LogP contribution in [0.25, 0.3) is 11.1 Å². The van der Waals surface area contributed by atoms with Crippen LogP contribution in [-0.4, -0.2) is 13.2 Å². The Bertz CT molecular complexity index is 618. The summed E-state index contributed by atoms with van der Waals surface area (Å²) in [6, 6.07) is 13.1. The second-order valence-electron chi connectivity index (χ2n) is 4.94. The topological polar surface area (TPSA) is 21.3 Å². The van der Waals surface area contributed by atoms with Crippen molar-refractivity contribution in [2.75, 3.05) is 18.5 Å². The molecule has 0 radical (unpaired) electrons. The standard InChI is InChI=1S/C16H15NO/c1-2-11-7-9-18-16(11)14(3-1)12-4-5-15-13(10-12)6-8-17-15/h1-5,10,17H,6-9H2. The van der Waals surface area contributed by atoms with Crippen LogP contribution in [0, 0.1) is 0 Å². The van der Waals surface area contributed by atoms with Gasteiger partial charge in [-0.05, 0) is 35.2 Å². The number of anilines is 1. The van der Waals surface area contributed by atoms with Crippen LogP contribution in [0.4, 0.5) is 5.69 Å². The first-order valence-corrected chi connectivity index (χ1v) is 6.54. The molecule has 2 heterocycles. The Hall–Kier alpha value is -1.96. The molecule has 0 aliphatic carbocycles. The summed E-state index contributed by atoms with van der Waals surface area (Å²) < 4.78 is 5.79. The first-order valence-electron chi connectivity index (χ1n) is 6.54. The summed E-state index contributed by atoms with van der Waals surface area (Å²) in [5, 5.41) is 3.40. The molecule has 0 saturated heterocycles. The average molecular weight is 237 g/mol. The molecule has 1 N–H and O–H groups in total. The minimum Gasteiger partial charge on any atom is -0.492 e. The predicted molar refractivity (Wildman–Crippen MR) is 73.3 cm³/mol. The van der Waals surface area contributed by atoms with Crippen molar-refractivity contribution in [2.24, 2.45) is 0 Å². The van der Waals surface area contributed by atoms with E-state index in [0.717, 1.165) is 31.7 Å². The van der Waals surface area contributed by atoms with Gasteiger partial charge in [-0.3, -0.25) is 0 Å². The van der Waals surface area contributed by atoms with Gasteiger partial charge >= 0.3 is 0 Å². The van der Waals surface area contributed by atoms with Crippen LogP contribution < -0.4 is 10.1 Å². The maximum absolute atomic E-state index is 5.79. The summed E-state index contributed by atoms with van der Waals surface area (Å²) in [5.74, 6) is 1.09. The summed E-state index contributed by atoms with van der Waals surface area (Å²) in [7, 11) is 0. The van der Waals surface area contributed by atoms with Crippen molar-refractivity contribution in [3.8, 4) is 16.9 Å². The van der Waals surface area contributed by atoms with Gasteiger partial charge in [-0.25, -0.2) is 0 Å². The van der Waals surface area contributed by atoms with Gasteiger partial charge in [0, 0.05) is 24.2 Å². The summed E-state index contributed by atoms with van der Waals surface area (Å²) >= 11 is 0. The Kier molecular flexibility index (Phi) is 2.10. The number of hydrogen-bond acceptors (Lipinski definition) is 2. The number of benzene rings is 2. The molecule has 0 unspecified atom stereocenters. The smallest absolute Gasteiger partial charge is 0.130 e. The van der Waals surface area contributed by atoms with E-state index in [1.165, 1.54) is 27.9 Å². The molecule has 2 aliphatic rings. The van der Waals surface area contributed by atoms with Gasteiger partial charge in [0.25, 0.3) is 0 Å². The molecule has 18 heavy (non-hydrogen) atoms. The highest BCUT2D eigenvalue weighted by Crippen LogP contribution is 2.38. The van der Waals surface area contributed by atoms with E-state index in [4.69, 9.17) is 4.74 Å². The highest BCUT2D eigenvalue weighted by molar-refractivity contribution is 5.76. The maximum atomic E-state index is 5.79. The van der Waals surface area contributed by atoms with Gasteiger partial charge in [-0.2, -0.15) is 0 Å². The van der Waals surface area contributed by atoms with Gasteiger partial charge in [-0.15, -0.1) is 0 Å². The normalized spacial score (nSPS) is 15.8. The lowest BCUT2D eigenvalue weighted by atomic mass is 9.99. The SMILES string of the molecule is c1cc2c(c(-c3ccc4c(c3)CCN4)c1)OCC2. The van der Waals surface area contributed by atoms with Crippen LogP contribution in [0.5, 0.6) is 5.75 Å². The van der Waals surface area contributed by atoms with E-state index >= 15 is 0 Å². The molecular formula is C16H15NO. The zero-order chi connectivity index (χ0) is 11.9. The molecule has 0 amide bonds. The van der Waals surface area contributed by atoms with Crippen LogP contribution in [0.1, 0.15) is 11.1 Å². The van der Waals surface area contributed by atoms with Gasteiger partial charge < -0.3 is 10.1 Å². The Morgan fingerprint density at radius 3 is 3.00 bits per heavy atom. The number of ether oxygens (including phenoxy) is 1. The molecule has 2 nitrogen and oxygen atoms in total. The quantitative estimate of drug-likeness (QED) is 0.822. The van der Waals surface area contributed by atoms with E-state index in [1.54, 1.807) is 0 Å². The molecule has 2 aromatic carbocycles. The Balaban J connectivity index is 1.86. The Labute approximate surface area is 107 Å². The van der Waals surface area contributed by atoms with Gasteiger partial charge in [0.2, 0.25) is 0 Å². The molecule has 0 spiro atoms. The van der Waals surface area contributed by atoms with E-state index in [2.05, 4.69) is 41.7 Å². The van der Waals surface area contributed by atoms with Crippen LogP contribution in [0.2, 0.25) is 0 Å². The van der Waals surface area contributed by atoms with Crippen molar-refractivity contribution in [1.29, 1.82) is 0 Å². The van der Waals surface area contributed by atoms with Crippen molar-refractivity contribution in [2.45, 2.75) is 12.8 Å². The lowest BCUT2D eigenvalue weighted by Gasteiger charge is -2.09. The zero-order valence-corrected chi connectivity index (χ0v) is 10.2. The molecular weight excluding hydrogens is 222 g/mol. The second-order valence-corrected chi connectivity index (χ2v) is 4.94. The predicted octanol–water partition coefficient (Wildman–Crippen LogP) is 3.26. The third kappa shape index (κ3) is 1.42. The van der Waals surface area contributed by atoms with Crippen molar-refractivity contribution < 1.29 is 4.74 Å². The largest absolute Gasteiger partial charge is 0.492 e. The number of hydrogen-bond donors (Lipinski definition) is 1. The number of fused-ring (bicyclic) bond motifs is 2. The highest BCUT2D eigenvalue weighted by Gasteiger charge is 2.18. The monoisotopic (exact) mass is 237 g/mol. The minimum absolute atomic E-state index is 0.818. The van der Waals surface area contributed by atoms with E-state index in [0.29, 0.717) is 0 Å².